The Labute approximate surface area is 222 Å². The molecule has 8 nitrogen and oxygen atoms in total. The molecule has 1 amide bonds. The van der Waals surface area contributed by atoms with Crippen molar-refractivity contribution in [2.24, 2.45) is 10.8 Å². The molecule has 3 aromatic rings. The average molecular weight is 522 g/mol. The van der Waals surface area contributed by atoms with Crippen LogP contribution in [0.3, 0.4) is 0 Å². The van der Waals surface area contributed by atoms with E-state index in [-0.39, 0.29) is 28.9 Å². The monoisotopic (exact) mass is 521 g/mol. The third-order valence-corrected chi connectivity index (χ3v) is 7.43. The summed E-state index contributed by atoms with van der Waals surface area (Å²) in [4.78, 5) is 16.6. The summed E-state index contributed by atoms with van der Waals surface area (Å²) in [5.74, 6) is 0.471. The molecule has 1 N–H and O–H groups in total. The van der Waals surface area contributed by atoms with E-state index >= 15 is 0 Å². The van der Waals surface area contributed by atoms with Crippen LogP contribution in [0.4, 0.5) is 5.69 Å². The van der Waals surface area contributed by atoms with Crippen molar-refractivity contribution in [2.45, 2.75) is 52.7 Å². The summed E-state index contributed by atoms with van der Waals surface area (Å²) in [5.41, 5.74) is 2.04. The third-order valence-electron chi connectivity index (χ3n) is 7.12. The van der Waals surface area contributed by atoms with Gasteiger partial charge in [0.15, 0.2) is 0 Å². The fourth-order valence-corrected chi connectivity index (χ4v) is 5.72. The zero-order chi connectivity index (χ0) is 26.8. The number of nitrogens with one attached hydrogen (secondary N) is 1. The lowest BCUT2D eigenvalue weighted by atomic mass is 9.49. The number of halogens is 1. The second kappa shape index (κ2) is 10.5. The Balaban J connectivity index is 1.41. The smallest absolute Gasteiger partial charge is 0.251 e. The van der Waals surface area contributed by atoms with Gasteiger partial charge in [-0.05, 0) is 49.2 Å². The predicted molar refractivity (Wildman–Crippen MR) is 143 cm³/mol. The van der Waals surface area contributed by atoms with Gasteiger partial charge in [0, 0.05) is 36.2 Å². The summed E-state index contributed by atoms with van der Waals surface area (Å²) in [6.45, 7) is 16.2. The molecule has 0 unspecified atom stereocenters. The number of aryl methyl sites for hydroxylation is 1. The van der Waals surface area contributed by atoms with Gasteiger partial charge < -0.3 is 14.8 Å². The van der Waals surface area contributed by atoms with Gasteiger partial charge in [0.2, 0.25) is 5.69 Å². The second-order valence-electron chi connectivity index (χ2n) is 10.6. The van der Waals surface area contributed by atoms with Crippen LogP contribution in [-0.2, 0) is 11.2 Å². The van der Waals surface area contributed by atoms with E-state index in [4.69, 9.17) is 27.6 Å². The predicted octanol–water partition coefficient (Wildman–Crippen LogP) is 5.66. The summed E-state index contributed by atoms with van der Waals surface area (Å²) < 4.78 is 13.1. The van der Waals surface area contributed by atoms with Crippen LogP contribution in [0, 0.1) is 17.4 Å². The van der Waals surface area contributed by atoms with Gasteiger partial charge in [0.25, 0.3) is 5.91 Å². The minimum atomic E-state index is -0.329. The average Bonchev–Trinajstić information content (AvgIpc) is 3.34. The van der Waals surface area contributed by atoms with E-state index in [1.807, 2.05) is 18.3 Å². The normalized spacial score (nSPS) is 19.5. The van der Waals surface area contributed by atoms with E-state index in [1.165, 1.54) is 0 Å². The Morgan fingerprint density at radius 2 is 1.86 bits per heavy atom. The topological polar surface area (TPSA) is 82.6 Å². The van der Waals surface area contributed by atoms with Crippen LogP contribution < -0.4 is 10.1 Å². The maximum absolute atomic E-state index is 13.2. The van der Waals surface area contributed by atoms with Crippen LogP contribution >= 0.6 is 11.6 Å². The van der Waals surface area contributed by atoms with E-state index in [0.29, 0.717) is 28.6 Å². The van der Waals surface area contributed by atoms with Crippen molar-refractivity contribution in [3.63, 3.8) is 0 Å². The Bertz CT molecular complexity index is 1290. The molecule has 1 aliphatic rings. The van der Waals surface area contributed by atoms with Crippen LogP contribution in [0.25, 0.3) is 10.5 Å². The van der Waals surface area contributed by atoms with E-state index in [2.05, 4.69) is 48.2 Å². The van der Waals surface area contributed by atoms with Crippen LogP contribution in [-0.4, -0.2) is 46.8 Å². The molecular weight excluding hydrogens is 490 g/mol. The Hall–Kier alpha value is -3.41. The first-order chi connectivity index (χ1) is 17.6. The van der Waals surface area contributed by atoms with Gasteiger partial charge >= 0.3 is 0 Å². The molecular formula is C28H32ClN5O3. The lowest BCUT2D eigenvalue weighted by Gasteiger charge is -2.63. The van der Waals surface area contributed by atoms with Gasteiger partial charge in [-0.2, -0.15) is 0 Å². The summed E-state index contributed by atoms with van der Waals surface area (Å²) in [5, 5.41) is 12.0. The molecule has 4 rings (SSSR count). The quantitative estimate of drug-likeness (QED) is 0.290. The maximum atomic E-state index is 13.2. The van der Waals surface area contributed by atoms with Crippen molar-refractivity contribution in [3.8, 4) is 11.4 Å². The summed E-state index contributed by atoms with van der Waals surface area (Å²) in [6, 6.07) is 12.3. The molecule has 2 aromatic carbocycles. The molecule has 194 valence electrons. The Kier molecular flexibility index (Phi) is 7.58. The number of nitrogens with zero attached hydrogens (tertiary/aromatic N) is 4. The van der Waals surface area contributed by atoms with E-state index in [1.54, 1.807) is 42.1 Å². The Morgan fingerprint density at radius 3 is 2.49 bits per heavy atom. The number of aromatic nitrogens is 3. The molecule has 1 heterocycles. The zero-order valence-electron chi connectivity index (χ0n) is 21.8. The van der Waals surface area contributed by atoms with Gasteiger partial charge in [-0.1, -0.05) is 50.6 Å². The molecule has 0 bridgehead atoms. The molecule has 0 saturated heterocycles. The number of ether oxygens (including phenoxy) is 2. The van der Waals surface area contributed by atoms with Crippen molar-refractivity contribution in [2.75, 3.05) is 13.7 Å². The number of rotatable bonds is 9. The maximum Gasteiger partial charge on any atom is 0.251 e. The molecule has 1 aromatic heterocycles. The highest BCUT2D eigenvalue weighted by Gasteiger charge is 2.64. The Morgan fingerprint density at radius 1 is 1.16 bits per heavy atom. The van der Waals surface area contributed by atoms with Crippen molar-refractivity contribution < 1.29 is 14.3 Å². The number of carbonyl (C=O) groups excluding carboxylic acids is 1. The lowest BCUT2D eigenvalue weighted by Crippen LogP contribution is -2.74. The molecule has 0 spiro atoms. The summed E-state index contributed by atoms with van der Waals surface area (Å²) in [7, 11) is 1.68. The number of benzene rings is 2. The standard InChI is InChI=1S/C28H32ClN5O3/c1-27(2)25(28(3,4)26(27)37-21-13-14-23(30-5)22(29)16-21)31-24(35)18-9-11-20(12-10-18)34-17-19(32-33-34)8-7-15-36-6/h9-14,16-17,25-26H,7-8,15H2,1-4,6H3,(H,31,35). The molecule has 37 heavy (non-hydrogen) atoms. The van der Waals surface area contributed by atoms with Gasteiger partial charge in [-0.25, -0.2) is 9.53 Å². The first kappa shape index (κ1) is 26.6. The zero-order valence-corrected chi connectivity index (χ0v) is 22.5. The van der Waals surface area contributed by atoms with Gasteiger partial charge in [-0.3, -0.25) is 4.79 Å². The van der Waals surface area contributed by atoms with E-state index in [9.17, 15) is 4.79 Å². The van der Waals surface area contributed by atoms with E-state index in [0.717, 1.165) is 24.2 Å². The van der Waals surface area contributed by atoms with Crippen molar-refractivity contribution in [1.82, 2.24) is 20.3 Å². The third kappa shape index (κ3) is 5.34. The number of carbonyl (C=O) groups is 1. The number of hydrogen-bond donors (Lipinski definition) is 1. The molecule has 1 aliphatic carbocycles. The van der Waals surface area contributed by atoms with Crippen LogP contribution in [0.2, 0.25) is 5.02 Å². The first-order valence-electron chi connectivity index (χ1n) is 12.2. The summed E-state index contributed by atoms with van der Waals surface area (Å²) in [6.07, 6.45) is 3.42. The van der Waals surface area contributed by atoms with Gasteiger partial charge in [0.1, 0.15) is 11.9 Å². The molecule has 0 radical (unpaired) electrons. The van der Waals surface area contributed by atoms with Gasteiger partial charge in [-0.15, -0.1) is 5.10 Å². The van der Waals surface area contributed by atoms with Crippen molar-refractivity contribution in [1.29, 1.82) is 0 Å². The van der Waals surface area contributed by atoms with Crippen LogP contribution in [0.15, 0.2) is 48.7 Å². The number of methoxy groups -OCH3 is 1. The minimum absolute atomic E-state index is 0.111. The van der Waals surface area contributed by atoms with Crippen molar-refractivity contribution >= 4 is 23.2 Å². The first-order valence-corrected chi connectivity index (χ1v) is 12.6. The molecule has 1 fully saturated rings. The van der Waals surface area contributed by atoms with Crippen LogP contribution in [0.5, 0.6) is 5.75 Å². The summed E-state index contributed by atoms with van der Waals surface area (Å²) >= 11 is 6.19. The fraction of sp³-hybridized carbons (Fsp3) is 0.429. The highest BCUT2D eigenvalue weighted by atomic mass is 35.5. The number of amides is 1. The highest BCUT2D eigenvalue weighted by molar-refractivity contribution is 6.33. The van der Waals surface area contributed by atoms with Gasteiger partial charge in [0.05, 0.1) is 29.2 Å². The van der Waals surface area contributed by atoms with Crippen LogP contribution in [0.1, 0.15) is 50.2 Å². The highest BCUT2D eigenvalue weighted by Crippen LogP contribution is 2.55. The molecule has 0 atom stereocenters. The molecule has 1 saturated carbocycles. The lowest BCUT2D eigenvalue weighted by molar-refractivity contribution is -0.164. The molecule has 0 aliphatic heterocycles. The number of hydrogen-bond acceptors (Lipinski definition) is 5. The minimum Gasteiger partial charge on any atom is -0.489 e. The van der Waals surface area contributed by atoms with E-state index < -0.39 is 0 Å². The molecule has 9 heteroatoms. The van der Waals surface area contributed by atoms with Crippen molar-refractivity contribution in [3.05, 3.63) is 76.4 Å². The second-order valence-corrected chi connectivity index (χ2v) is 11.0. The largest absolute Gasteiger partial charge is 0.489 e. The fourth-order valence-electron chi connectivity index (χ4n) is 5.50. The SMILES string of the molecule is [C-]#[N+]c1ccc(OC2C(C)(C)C(NC(=O)c3ccc(-n4cc(CCCOC)nn4)cc3)C2(C)C)cc1Cl.